The third-order valence-corrected chi connectivity index (χ3v) is 7.38. The second-order valence-corrected chi connectivity index (χ2v) is 9.76. The Morgan fingerprint density at radius 2 is 1.83 bits per heavy atom. The molecule has 3 aromatic rings. The van der Waals surface area contributed by atoms with E-state index in [1.807, 2.05) is 12.1 Å². The first-order chi connectivity index (χ1) is 13.9. The van der Waals surface area contributed by atoms with Gasteiger partial charge in [-0.3, -0.25) is 4.90 Å². The molecular weight excluding hydrogens is 436 g/mol. The highest BCUT2D eigenvalue weighted by atomic mass is 79.9. The second kappa shape index (κ2) is 5.76. The summed E-state index contributed by atoms with van der Waals surface area (Å²) >= 11 is 3.31. The Hall–Kier alpha value is -2.05. The fourth-order valence-corrected chi connectivity index (χ4v) is 5.49. The molecule has 0 bridgehead atoms. The zero-order chi connectivity index (χ0) is 20.0. The van der Waals surface area contributed by atoms with Crippen LogP contribution in [0.4, 0.5) is 8.78 Å². The molecule has 2 heterocycles. The number of nitrogens with one attached hydrogen (secondary N) is 1. The van der Waals surface area contributed by atoms with Crippen LogP contribution in [0.3, 0.4) is 0 Å². The summed E-state index contributed by atoms with van der Waals surface area (Å²) in [5, 5.41) is 0. The smallest absolute Gasteiger partial charge is 0.299 e. The molecule has 3 nitrogen and oxygen atoms in total. The lowest BCUT2D eigenvalue weighted by molar-refractivity contribution is 0.0480. The van der Waals surface area contributed by atoms with Crippen molar-refractivity contribution < 1.29 is 8.78 Å². The summed E-state index contributed by atoms with van der Waals surface area (Å²) in [6.45, 7) is 1.12. The van der Waals surface area contributed by atoms with Crippen molar-refractivity contribution in [3.8, 4) is 22.4 Å². The molecule has 0 radical (unpaired) electrons. The first-order valence-electron chi connectivity index (χ1n) is 9.95. The molecular formula is C23H20BrF2N3. The third kappa shape index (κ3) is 2.58. The van der Waals surface area contributed by atoms with Gasteiger partial charge in [-0.25, -0.2) is 4.98 Å². The van der Waals surface area contributed by atoms with Crippen molar-refractivity contribution in [1.82, 2.24) is 14.9 Å². The van der Waals surface area contributed by atoms with Gasteiger partial charge >= 0.3 is 0 Å². The maximum Gasteiger partial charge on any atom is 0.299 e. The molecule has 2 aliphatic carbocycles. The van der Waals surface area contributed by atoms with E-state index in [4.69, 9.17) is 0 Å². The molecule has 29 heavy (non-hydrogen) atoms. The lowest BCUT2D eigenvalue weighted by atomic mass is 10.0. The normalized spacial score (nSPS) is 23.4. The largest absolute Gasteiger partial charge is 0.341 e. The number of halogens is 3. The minimum absolute atomic E-state index is 0.0617. The number of imidazole rings is 1. The van der Waals surface area contributed by atoms with Crippen molar-refractivity contribution in [2.45, 2.75) is 31.2 Å². The molecule has 6 rings (SSSR count). The lowest BCUT2D eigenvalue weighted by Crippen LogP contribution is -2.19. The Balaban J connectivity index is 1.37. The number of fused-ring (bicyclic) bond motifs is 3. The second-order valence-electron chi connectivity index (χ2n) is 8.84. The highest BCUT2D eigenvalue weighted by Gasteiger charge is 2.51. The van der Waals surface area contributed by atoms with E-state index in [1.54, 1.807) is 24.4 Å². The van der Waals surface area contributed by atoms with Gasteiger partial charge in [-0.2, -0.15) is 8.78 Å². The van der Waals surface area contributed by atoms with E-state index in [9.17, 15) is 0 Å². The Morgan fingerprint density at radius 1 is 1.10 bits per heavy atom. The number of hydrogen-bond acceptors (Lipinski definition) is 2. The minimum Gasteiger partial charge on any atom is -0.341 e. The van der Waals surface area contributed by atoms with Crippen LogP contribution in [0.25, 0.3) is 22.4 Å². The molecule has 0 amide bonds. The van der Waals surface area contributed by atoms with Crippen LogP contribution in [0.2, 0.25) is 0 Å². The van der Waals surface area contributed by atoms with Gasteiger partial charge in [0.1, 0.15) is 5.82 Å². The van der Waals surface area contributed by atoms with Crippen LogP contribution < -0.4 is 0 Å². The molecule has 2 aromatic carbocycles. The highest BCUT2D eigenvalue weighted by molar-refractivity contribution is 9.10. The van der Waals surface area contributed by atoms with Crippen LogP contribution in [-0.2, 0) is 5.92 Å². The van der Waals surface area contributed by atoms with E-state index in [2.05, 4.69) is 37.8 Å². The predicted molar refractivity (Wildman–Crippen MR) is 112 cm³/mol. The van der Waals surface area contributed by atoms with E-state index in [1.165, 1.54) is 18.9 Å². The number of H-pyrrole nitrogens is 1. The number of aromatic nitrogens is 2. The van der Waals surface area contributed by atoms with E-state index in [0.717, 1.165) is 30.0 Å². The van der Waals surface area contributed by atoms with Crippen LogP contribution in [0.5, 0.6) is 0 Å². The van der Waals surface area contributed by atoms with Crippen molar-refractivity contribution in [3.05, 3.63) is 64.0 Å². The topological polar surface area (TPSA) is 31.9 Å². The third-order valence-electron chi connectivity index (χ3n) is 6.89. The van der Waals surface area contributed by atoms with Crippen LogP contribution >= 0.6 is 15.9 Å². The maximum absolute atomic E-state index is 15.1. The molecule has 6 heteroatoms. The van der Waals surface area contributed by atoms with Gasteiger partial charge in [0.05, 0.1) is 17.9 Å². The number of rotatable bonds is 2. The Morgan fingerprint density at radius 3 is 2.55 bits per heavy atom. The average Bonchev–Trinajstić information content (AvgIpc) is 3.05. The molecule has 1 N–H and O–H groups in total. The van der Waals surface area contributed by atoms with Gasteiger partial charge in [-0.1, -0.05) is 34.1 Å². The number of likely N-dealkylation sites (tertiary alicyclic amines) is 1. The van der Waals surface area contributed by atoms with E-state index >= 15 is 8.78 Å². The van der Waals surface area contributed by atoms with Gasteiger partial charge < -0.3 is 4.98 Å². The monoisotopic (exact) mass is 455 g/mol. The summed E-state index contributed by atoms with van der Waals surface area (Å²) in [5.41, 5.74) is 3.36. The molecule has 1 saturated heterocycles. The molecule has 0 unspecified atom stereocenters. The molecule has 2 fully saturated rings. The number of nitrogens with zero attached hydrogens (tertiary/aromatic N) is 2. The quantitative estimate of drug-likeness (QED) is 0.504. The van der Waals surface area contributed by atoms with Crippen molar-refractivity contribution in [1.29, 1.82) is 0 Å². The predicted octanol–water partition coefficient (Wildman–Crippen LogP) is 6.12. The summed E-state index contributed by atoms with van der Waals surface area (Å²) in [6, 6.07) is 10.7. The molecule has 1 spiro atoms. The SMILES string of the molecule is CN1CC2(CC2)C[C@H]1c1ncc(-c2ccc3c(c2)C(F)(F)c2cc(Br)ccc2-3)[nH]1. The van der Waals surface area contributed by atoms with Gasteiger partial charge in [-0.15, -0.1) is 0 Å². The molecule has 148 valence electrons. The van der Waals surface area contributed by atoms with Gasteiger partial charge in [0, 0.05) is 27.7 Å². The number of hydrogen-bond donors (Lipinski definition) is 1. The Bertz CT molecular complexity index is 1150. The van der Waals surface area contributed by atoms with Gasteiger partial charge in [-0.05, 0) is 61.1 Å². The molecule has 1 saturated carbocycles. The fraction of sp³-hybridized carbons (Fsp3) is 0.348. The summed E-state index contributed by atoms with van der Waals surface area (Å²) in [5.74, 6) is -2.07. The summed E-state index contributed by atoms with van der Waals surface area (Å²) < 4.78 is 31.0. The zero-order valence-electron chi connectivity index (χ0n) is 16.0. The van der Waals surface area contributed by atoms with E-state index in [0.29, 0.717) is 21.0 Å². The van der Waals surface area contributed by atoms with Gasteiger partial charge in [0.15, 0.2) is 0 Å². The zero-order valence-corrected chi connectivity index (χ0v) is 17.6. The Labute approximate surface area is 176 Å². The van der Waals surface area contributed by atoms with Crippen LogP contribution in [0, 0.1) is 5.41 Å². The van der Waals surface area contributed by atoms with Crippen molar-refractivity contribution in [2.24, 2.45) is 5.41 Å². The highest BCUT2D eigenvalue weighted by Crippen LogP contribution is 2.58. The molecule has 1 atom stereocenters. The number of benzene rings is 2. The number of alkyl halides is 2. The van der Waals surface area contributed by atoms with Gasteiger partial charge in [0.2, 0.25) is 0 Å². The first-order valence-corrected chi connectivity index (χ1v) is 10.7. The number of aromatic amines is 1. The molecule has 1 aliphatic heterocycles. The van der Waals surface area contributed by atoms with E-state index in [-0.39, 0.29) is 17.2 Å². The van der Waals surface area contributed by atoms with Crippen molar-refractivity contribution >= 4 is 15.9 Å². The van der Waals surface area contributed by atoms with Crippen molar-refractivity contribution in [3.63, 3.8) is 0 Å². The lowest BCUT2D eigenvalue weighted by Gasteiger charge is -2.16. The maximum atomic E-state index is 15.1. The molecule has 1 aromatic heterocycles. The summed E-state index contributed by atoms with van der Waals surface area (Å²) in [7, 11) is 2.14. The first kappa shape index (κ1) is 17.8. The van der Waals surface area contributed by atoms with Crippen LogP contribution in [-0.4, -0.2) is 28.5 Å². The fourth-order valence-electron chi connectivity index (χ4n) is 5.13. The van der Waals surface area contributed by atoms with Crippen LogP contribution in [0.1, 0.15) is 42.3 Å². The van der Waals surface area contributed by atoms with Crippen molar-refractivity contribution in [2.75, 3.05) is 13.6 Å². The standard InChI is InChI=1S/C23H20BrF2N3/c1-29-12-22(6-7-22)10-20(29)21-27-11-19(28-21)13-2-4-15-16-5-3-14(24)9-18(16)23(25,26)17(15)8-13/h2-5,8-9,11,20H,6-7,10,12H2,1H3,(H,27,28)/t20-/m0/s1. The molecule has 3 aliphatic rings. The van der Waals surface area contributed by atoms with E-state index < -0.39 is 5.92 Å². The Kier molecular flexibility index (Phi) is 3.53. The van der Waals surface area contributed by atoms with Gasteiger partial charge in [0.25, 0.3) is 5.92 Å². The summed E-state index contributed by atoms with van der Waals surface area (Å²) in [4.78, 5) is 10.4. The minimum atomic E-state index is -3.00. The average molecular weight is 456 g/mol. The summed E-state index contributed by atoms with van der Waals surface area (Å²) in [6.07, 6.45) is 5.51. The van der Waals surface area contributed by atoms with Crippen LogP contribution in [0.15, 0.2) is 47.1 Å².